The molecule has 1 fully saturated rings. The molecule has 0 radical (unpaired) electrons. The summed E-state index contributed by atoms with van der Waals surface area (Å²) in [6, 6.07) is 31.3. The van der Waals surface area contributed by atoms with E-state index in [2.05, 4.69) is 198 Å². The van der Waals surface area contributed by atoms with Crippen molar-refractivity contribution in [3.8, 4) is 0 Å². The fourth-order valence-electron chi connectivity index (χ4n) is 15.8. The van der Waals surface area contributed by atoms with E-state index in [0.717, 1.165) is 0 Å². The third-order valence-electron chi connectivity index (χ3n) is 20.4. The molecule has 1 aromatic heterocycles. The normalized spacial score (nSPS) is 26.4. The van der Waals surface area contributed by atoms with Crippen LogP contribution in [0.3, 0.4) is 0 Å². The molecule has 5 aromatic carbocycles. The van der Waals surface area contributed by atoms with Crippen LogP contribution < -0.4 is 26.2 Å². The Balaban J connectivity index is 1.16. The van der Waals surface area contributed by atoms with E-state index in [1.165, 1.54) is 151 Å². The maximum atomic E-state index is 2.76. The Morgan fingerprint density at radius 2 is 0.853 bits per heavy atom. The molecule has 2 aliphatic heterocycles. The molecule has 1 saturated carbocycles. The van der Waals surface area contributed by atoms with Crippen LogP contribution in [0, 0.1) is 6.92 Å². The van der Waals surface area contributed by atoms with Gasteiger partial charge in [-0.05, 0) is 234 Å². The molecule has 5 aliphatic carbocycles. The van der Waals surface area contributed by atoms with Crippen LogP contribution in [0.5, 0.6) is 0 Å². The first-order valence-corrected chi connectivity index (χ1v) is 27.4. The standard InChI is InChI=1S/C64H75BN2S/c1-37-28-51-55-52(29-37)67(39-17-19-42-44(31-39)60(8,9)23-21-58(42,4)5)56-54(40-32-47-48(35-53(40)68-56)64(15)27-26-63(47,14)36-64)65(55)49-33-45-46(62(12,13)25-24-61(45,10)11)34-50(49)66(51)38-16-18-41-43(30-38)59(6,7)22-20-57(41,2)3/h16-19,28-35H,20-27,36H2,1-15H3. The monoisotopic (exact) mass is 915 g/mol. The number of aryl methyl sites for hydroxylation is 1. The molecule has 2 atom stereocenters. The van der Waals surface area contributed by atoms with Crippen molar-refractivity contribution in [3.05, 3.63) is 123 Å². The van der Waals surface area contributed by atoms with E-state index >= 15 is 0 Å². The molecule has 13 rings (SSSR count). The summed E-state index contributed by atoms with van der Waals surface area (Å²) >= 11 is 2.08. The van der Waals surface area contributed by atoms with Crippen molar-refractivity contribution in [1.82, 2.24) is 0 Å². The van der Waals surface area contributed by atoms with E-state index in [0.29, 0.717) is 0 Å². The first kappa shape index (κ1) is 43.7. The minimum absolute atomic E-state index is 0.0786. The molecule has 68 heavy (non-hydrogen) atoms. The molecular weight excluding hydrogens is 840 g/mol. The summed E-state index contributed by atoms with van der Waals surface area (Å²) < 4.78 is 1.46. The van der Waals surface area contributed by atoms with Crippen LogP contribution in [-0.2, 0) is 43.3 Å². The highest BCUT2D eigenvalue weighted by atomic mass is 32.1. The van der Waals surface area contributed by atoms with Gasteiger partial charge in [0, 0.05) is 33.1 Å². The van der Waals surface area contributed by atoms with Crippen LogP contribution >= 0.6 is 11.3 Å². The lowest BCUT2D eigenvalue weighted by Crippen LogP contribution is -2.61. The zero-order chi connectivity index (χ0) is 47.8. The summed E-state index contributed by atoms with van der Waals surface area (Å²) in [6.07, 6.45) is 11.1. The average molecular weight is 915 g/mol. The smallest absolute Gasteiger partial charge is 0.254 e. The Labute approximate surface area is 413 Å². The summed E-state index contributed by atoms with van der Waals surface area (Å²) in [5.74, 6) is 0. The number of benzene rings is 5. The van der Waals surface area contributed by atoms with Crippen molar-refractivity contribution in [2.75, 3.05) is 9.80 Å². The van der Waals surface area contributed by atoms with Gasteiger partial charge < -0.3 is 9.80 Å². The quantitative estimate of drug-likeness (QED) is 0.159. The Hall–Kier alpha value is -4.28. The zero-order valence-corrected chi connectivity index (χ0v) is 45.0. The first-order valence-electron chi connectivity index (χ1n) is 26.6. The summed E-state index contributed by atoms with van der Waals surface area (Å²) in [5.41, 5.74) is 26.1. The number of rotatable bonds is 2. The number of anilines is 6. The van der Waals surface area contributed by atoms with E-state index in [1.807, 2.05) is 0 Å². The summed E-state index contributed by atoms with van der Waals surface area (Å²) in [5, 5.41) is 2.91. The molecule has 2 bridgehead atoms. The van der Waals surface area contributed by atoms with Crippen LogP contribution in [0.2, 0.25) is 0 Å². The zero-order valence-electron chi connectivity index (χ0n) is 44.2. The van der Waals surface area contributed by atoms with Gasteiger partial charge in [0.2, 0.25) is 0 Å². The van der Waals surface area contributed by atoms with Crippen molar-refractivity contribution in [2.24, 2.45) is 0 Å². The molecule has 2 nitrogen and oxygen atoms in total. The first-order chi connectivity index (χ1) is 31.7. The highest BCUT2D eigenvalue weighted by Crippen LogP contribution is 2.62. The summed E-state index contributed by atoms with van der Waals surface area (Å²) in [6.45, 7) is 37.5. The lowest BCUT2D eigenvalue weighted by molar-refractivity contribution is 0.332. The fraction of sp³-hybridized carbons (Fsp3) is 0.500. The van der Waals surface area contributed by atoms with E-state index < -0.39 is 0 Å². The van der Waals surface area contributed by atoms with Gasteiger partial charge in [0.1, 0.15) is 0 Å². The predicted molar refractivity (Wildman–Crippen MR) is 295 cm³/mol. The maximum Gasteiger partial charge on any atom is 0.254 e. The maximum absolute atomic E-state index is 2.76. The number of nitrogens with zero attached hydrogens (tertiary/aromatic N) is 2. The van der Waals surface area contributed by atoms with Crippen LogP contribution in [0.15, 0.2) is 72.8 Å². The van der Waals surface area contributed by atoms with Gasteiger partial charge in [-0.3, -0.25) is 0 Å². The van der Waals surface area contributed by atoms with Gasteiger partial charge in [-0.15, -0.1) is 11.3 Å². The molecule has 3 heterocycles. The van der Waals surface area contributed by atoms with Gasteiger partial charge >= 0.3 is 0 Å². The molecule has 6 aromatic rings. The van der Waals surface area contributed by atoms with Crippen LogP contribution in [0.4, 0.5) is 33.4 Å². The lowest BCUT2D eigenvalue weighted by Gasteiger charge is -2.48. The van der Waals surface area contributed by atoms with Gasteiger partial charge in [0.15, 0.2) is 0 Å². The topological polar surface area (TPSA) is 6.48 Å². The fourth-order valence-corrected chi connectivity index (χ4v) is 17.1. The number of hydrogen-bond acceptors (Lipinski definition) is 3. The SMILES string of the molecule is Cc1cc2c3c(c1)N(c1ccc4c(c1)C(C)(C)CCC4(C)C)c1sc4cc5c(cc4c1B3c1cc3c(cc1N2c1ccc2c(c1)C(C)(C)CCC2(C)C)C(C)(C)CCC3(C)C)C1(C)CCC5(C)C1. The molecule has 350 valence electrons. The van der Waals surface area contributed by atoms with Crippen LogP contribution in [0.1, 0.15) is 205 Å². The molecule has 2 unspecified atom stereocenters. The number of fused-ring (bicyclic) bond motifs is 14. The van der Waals surface area contributed by atoms with Gasteiger partial charge in [-0.1, -0.05) is 115 Å². The third-order valence-corrected chi connectivity index (χ3v) is 21.6. The van der Waals surface area contributed by atoms with Crippen molar-refractivity contribution < 1.29 is 0 Å². The third kappa shape index (κ3) is 5.71. The van der Waals surface area contributed by atoms with Crippen LogP contribution in [-0.4, -0.2) is 6.71 Å². The minimum Gasteiger partial charge on any atom is -0.311 e. The second-order valence-electron chi connectivity index (χ2n) is 28.1. The average Bonchev–Trinajstić information content (AvgIpc) is 3.88. The van der Waals surface area contributed by atoms with Crippen molar-refractivity contribution in [3.63, 3.8) is 0 Å². The van der Waals surface area contributed by atoms with Gasteiger partial charge in [-0.2, -0.15) is 0 Å². The van der Waals surface area contributed by atoms with Crippen molar-refractivity contribution >= 4 is 78.0 Å². The van der Waals surface area contributed by atoms with Crippen molar-refractivity contribution in [1.29, 1.82) is 0 Å². The van der Waals surface area contributed by atoms with Gasteiger partial charge in [-0.25, -0.2) is 0 Å². The number of thiophene rings is 1. The Bertz CT molecular complexity index is 3240. The molecule has 0 saturated heterocycles. The molecular formula is C64H75BN2S. The molecule has 4 heteroatoms. The molecule has 7 aliphatic rings. The molecule has 0 N–H and O–H groups in total. The van der Waals surface area contributed by atoms with E-state index in [9.17, 15) is 0 Å². The second kappa shape index (κ2) is 13.2. The van der Waals surface area contributed by atoms with Gasteiger partial charge in [0.25, 0.3) is 6.71 Å². The molecule has 0 amide bonds. The molecule has 0 spiro atoms. The lowest BCUT2D eigenvalue weighted by atomic mass is 9.33. The summed E-state index contributed by atoms with van der Waals surface area (Å²) in [4.78, 5) is 5.51. The summed E-state index contributed by atoms with van der Waals surface area (Å²) in [7, 11) is 0. The van der Waals surface area contributed by atoms with E-state index in [4.69, 9.17) is 0 Å². The van der Waals surface area contributed by atoms with Crippen LogP contribution in [0.25, 0.3) is 10.1 Å². The van der Waals surface area contributed by atoms with E-state index in [1.54, 1.807) is 16.7 Å². The Morgan fingerprint density at radius 3 is 1.38 bits per heavy atom. The second-order valence-corrected chi connectivity index (χ2v) is 29.1. The van der Waals surface area contributed by atoms with E-state index in [-0.39, 0.29) is 50.0 Å². The predicted octanol–water partition coefficient (Wildman–Crippen LogP) is 16.1. The van der Waals surface area contributed by atoms with Gasteiger partial charge in [0.05, 0.1) is 5.00 Å². The highest BCUT2D eigenvalue weighted by molar-refractivity contribution is 7.26. The Kier molecular flexibility index (Phi) is 8.47. The Morgan fingerprint density at radius 1 is 0.412 bits per heavy atom. The largest absolute Gasteiger partial charge is 0.311 e. The van der Waals surface area contributed by atoms with Crippen molar-refractivity contribution in [2.45, 2.75) is 205 Å². The highest BCUT2D eigenvalue weighted by Gasteiger charge is 2.54. The number of hydrogen-bond donors (Lipinski definition) is 0. The minimum atomic E-state index is 0.0786.